The summed E-state index contributed by atoms with van der Waals surface area (Å²) in [6.07, 6.45) is 4.53. The quantitative estimate of drug-likeness (QED) is 0.668. The van der Waals surface area contributed by atoms with Crippen LogP contribution in [0.1, 0.15) is 22.8 Å². The first-order valence-electron chi connectivity index (χ1n) is 5.40. The van der Waals surface area contributed by atoms with Crippen molar-refractivity contribution in [1.82, 2.24) is 0 Å². The lowest BCUT2D eigenvalue weighted by Gasteiger charge is -1.97. The first-order valence-corrected chi connectivity index (χ1v) is 5.40. The van der Waals surface area contributed by atoms with Gasteiger partial charge in [0.05, 0.1) is 11.1 Å². The number of benzene rings is 1. The molecule has 4 heteroatoms. The van der Waals surface area contributed by atoms with E-state index in [4.69, 9.17) is 5.11 Å². The molecule has 1 aromatic rings. The Hall–Kier alpha value is -2.67. The largest absolute Gasteiger partial charge is 0.478 e. The Kier molecular flexibility index (Phi) is 5.24. The molecule has 1 rings (SSSR count). The molecule has 0 unspecified atom stereocenters. The van der Waals surface area contributed by atoms with Gasteiger partial charge in [-0.1, -0.05) is 24.5 Å². The minimum Gasteiger partial charge on any atom is -0.478 e. The van der Waals surface area contributed by atoms with Gasteiger partial charge in [-0.15, -0.1) is 0 Å². The SMILES string of the molecule is C=C/C=N\C=C(/C)C#Cc1cc(C(=O)O)ccc1F. The summed E-state index contributed by atoms with van der Waals surface area (Å²) in [6, 6.07) is 3.48. The van der Waals surface area contributed by atoms with Crippen LogP contribution in [0, 0.1) is 17.7 Å². The first kappa shape index (κ1) is 14.4. The average molecular weight is 257 g/mol. The van der Waals surface area contributed by atoms with Gasteiger partial charge in [0, 0.05) is 18.0 Å². The van der Waals surface area contributed by atoms with Gasteiger partial charge in [0.1, 0.15) is 5.82 Å². The van der Waals surface area contributed by atoms with Gasteiger partial charge in [0.15, 0.2) is 0 Å². The van der Waals surface area contributed by atoms with Crippen molar-refractivity contribution < 1.29 is 14.3 Å². The summed E-state index contributed by atoms with van der Waals surface area (Å²) < 4.78 is 13.4. The summed E-state index contributed by atoms with van der Waals surface area (Å²) in [5.41, 5.74) is 0.663. The smallest absolute Gasteiger partial charge is 0.335 e. The molecule has 1 aromatic carbocycles. The van der Waals surface area contributed by atoms with Crippen LogP contribution in [0.25, 0.3) is 0 Å². The molecule has 0 bridgehead atoms. The van der Waals surface area contributed by atoms with Crippen molar-refractivity contribution in [2.75, 3.05) is 0 Å². The Bertz CT molecular complexity index is 619. The molecule has 96 valence electrons. The van der Waals surface area contributed by atoms with Crippen LogP contribution in [0.15, 0.2) is 47.6 Å². The number of hydrogen-bond donors (Lipinski definition) is 1. The highest BCUT2D eigenvalue weighted by atomic mass is 19.1. The summed E-state index contributed by atoms with van der Waals surface area (Å²) in [7, 11) is 0. The van der Waals surface area contributed by atoms with Crippen LogP contribution in [0.5, 0.6) is 0 Å². The molecule has 0 aliphatic carbocycles. The van der Waals surface area contributed by atoms with Crippen LogP contribution < -0.4 is 0 Å². The fraction of sp³-hybridized carbons (Fsp3) is 0.0667. The van der Waals surface area contributed by atoms with Crippen LogP contribution in [0.2, 0.25) is 0 Å². The van der Waals surface area contributed by atoms with E-state index in [2.05, 4.69) is 23.4 Å². The Morgan fingerprint density at radius 2 is 2.26 bits per heavy atom. The molecule has 0 heterocycles. The molecule has 0 aromatic heterocycles. The number of hydrogen-bond acceptors (Lipinski definition) is 2. The third kappa shape index (κ3) is 4.60. The molecule has 1 N–H and O–H groups in total. The van der Waals surface area contributed by atoms with Gasteiger partial charge < -0.3 is 5.11 Å². The molecular formula is C15H12FNO2. The highest BCUT2D eigenvalue weighted by molar-refractivity contribution is 5.88. The molecule has 19 heavy (non-hydrogen) atoms. The summed E-state index contributed by atoms with van der Waals surface area (Å²) in [4.78, 5) is 14.6. The maximum Gasteiger partial charge on any atom is 0.335 e. The lowest BCUT2D eigenvalue weighted by Crippen LogP contribution is -1.97. The molecule has 0 fully saturated rings. The summed E-state index contributed by atoms with van der Waals surface area (Å²) in [5.74, 6) is 3.60. The predicted octanol–water partition coefficient (Wildman–Crippen LogP) is 3.04. The second-order valence-electron chi connectivity index (χ2n) is 3.60. The van der Waals surface area contributed by atoms with E-state index in [1.807, 2.05) is 0 Å². The Labute approximate surface area is 110 Å². The van der Waals surface area contributed by atoms with Gasteiger partial charge >= 0.3 is 5.97 Å². The number of allylic oxidation sites excluding steroid dienone is 2. The molecular weight excluding hydrogens is 245 g/mol. The van der Waals surface area contributed by atoms with Crippen LogP contribution >= 0.6 is 0 Å². The van der Waals surface area contributed by atoms with E-state index in [-0.39, 0.29) is 11.1 Å². The van der Waals surface area contributed by atoms with Gasteiger partial charge in [-0.3, -0.25) is 4.99 Å². The monoisotopic (exact) mass is 257 g/mol. The fourth-order valence-corrected chi connectivity index (χ4v) is 1.17. The number of nitrogens with zero attached hydrogens (tertiary/aromatic N) is 1. The number of aliphatic imine (C=N–C) groups is 1. The van der Waals surface area contributed by atoms with Crippen LogP contribution in [-0.4, -0.2) is 17.3 Å². The van der Waals surface area contributed by atoms with E-state index in [9.17, 15) is 9.18 Å². The third-order valence-corrected chi connectivity index (χ3v) is 2.07. The topological polar surface area (TPSA) is 49.7 Å². The van der Waals surface area contributed by atoms with Crippen molar-refractivity contribution in [2.45, 2.75) is 6.92 Å². The minimum atomic E-state index is -1.12. The third-order valence-electron chi connectivity index (χ3n) is 2.07. The lowest BCUT2D eigenvalue weighted by atomic mass is 10.1. The molecule has 3 nitrogen and oxygen atoms in total. The van der Waals surface area contributed by atoms with E-state index in [0.717, 1.165) is 6.07 Å². The molecule has 0 aliphatic heterocycles. The Morgan fingerprint density at radius 1 is 1.53 bits per heavy atom. The van der Waals surface area contributed by atoms with Crippen LogP contribution in [0.3, 0.4) is 0 Å². The average Bonchev–Trinajstić information content (AvgIpc) is 2.37. The fourth-order valence-electron chi connectivity index (χ4n) is 1.17. The molecule has 0 spiro atoms. The molecule has 0 saturated heterocycles. The van der Waals surface area contributed by atoms with Crippen molar-refractivity contribution in [2.24, 2.45) is 4.99 Å². The minimum absolute atomic E-state index is 0.00277. The number of halogens is 1. The van der Waals surface area contributed by atoms with Crippen LogP contribution in [-0.2, 0) is 0 Å². The zero-order valence-electron chi connectivity index (χ0n) is 10.4. The molecule has 0 aliphatic rings. The molecule has 0 amide bonds. The van der Waals surface area contributed by atoms with Crippen molar-refractivity contribution in [3.05, 3.63) is 59.6 Å². The maximum atomic E-state index is 13.4. The number of aromatic carboxylic acids is 1. The van der Waals surface area contributed by atoms with Gasteiger partial charge in [0.25, 0.3) is 0 Å². The van der Waals surface area contributed by atoms with Crippen molar-refractivity contribution in [3.63, 3.8) is 0 Å². The zero-order valence-corrected chi connectivity index (χ0v) is 10.4. The van der Waals surface area contributed by atoms with Crippen molar-refractivity contribution in [3.8, 4) is 11.8 Å². The Balaban J connectivity index is 3.03. The number of carbonyl (C=O) groups is 1. The highest BCUT2D eigenvalue weighted by Crippen LogP contribution is 2.09. The van der Waals surface area contributed by atoms with Gasteiger partial charge in [-0.2, -0.15) is 0 Å². The van der Waals surface area contributed by atoms with Gasteiger partial charge in [-0.25, -0.2) is 9.18 Å². The predicted molar refractivity (Wildman–Crippen MR) is 72.7 cm³/mol. The first-order chi connectivity index (χ1) is 9.04. The van der Waals surface area contributed by atoms with E-state index >= 15 is 0 Å². The molecule has 0 saturated carbocycles. The summed E-state index contributed by atoms with van der Waals surface area (Å²) >= 11 is 0. The van der Waals surface area contributed by atoms with E-state index in [1.54, 1.807) is 6.92 Å². The second-order valence-corrected chi connectivity index (χ2v) is 3.60. The van der Waals surface area contributed by atoms with Gasteiger partial charge in [-0.05, 0) is 25.1 Å². The van der Waals surface area contributed by atoms with Gasteiger partial charge in [0.2, 0.25) is 0 Å². The maximum absolute atomic E-state index is 13.4. The zero-order chi connectivity index (χ0) is 14.3. The number of rotatable bonds is 3. The number of carboxylic acids is 1. The molecule has 0 radical (unpaired) electrons. The van der Waals surface area contributed by atoms with Crippen LogP contribution in [0.4, 0.5) is 4.39 Å². The lowest BCUT2D eigenvalue weighted by molar-refractivity contribution is 0.0697. The highest BCUT2D eigenvalue weighted by Gasteiger charge is 2.06. The Morgan fingerprint density at radius 3 is 2.89 bits per heavy atom. The van der Waals surface area contributed by atoms with E-state index < -0.39 is 11.8 Å². The number of carboxylic acid groups (broad SMARTS) is 1. The summed E-state index contributed by atoms with van der Waals surface area (Å²) in [5, 5.41) is 8.81. The second kappa shape index (κ2) is 6.92. The standard InChI is InChI=1S/C15H12FNO2/c1-3-8-17-10-11(2)4-5-12-9-13(15(18)19)6-7-14(12)16/h3,6-10H,1H2,2H3,(H,18,19)/b11-10+,17-8-. The molecule has 0 atom stereocenters. The van der Waals surface area contributed by atoms with Crippen molar-refractivity contribution in [1.29, 1.82) is 0 Å². The normalized spacial score (nSPS) is 10.9. The van der Waals surface area contributed by atoms with E-state index in [0.29, 0.717) is 5.57 Å². The van der Waals surface area contributed by atoms with E-state index in [1.165, 1.54) is 30.6 Å². The summed E-state index contributed by atoms with van der Waals surface area (Å²) in [6.45, 7) is 5.18. The van der Waals surface area contributed by atoms with Crippen molar-refractivity contribution >= 4 is 12.2 Å².